The van der Waals surface area contributed by atoms with Crippen molar-refractivity contribution in [1.29, 1.82) is 0 Å². The first-order valence-corrected chi connectivity index (χ1v) is 6.43. The zero-order chi connectivity index (χ0) is 14.5. The first-order valence-electron chi connectivity index (χ1n) is 6.43. The molecule has 1 aromatic rings. The molecule has 8 nitrogen and oxygen atoms in total. The van der Waals surface area contributed by atoms with Gasteiger partial charge in [-0.2, -0.15) is 5.10 Å². The van der Waals surface area contributed by atoms with Crippen molar-refractivity contribution in [2.24, 2.45) is 0 Å². The van der Waals surface area contributed by atoms with Crippen molar-refractivity contribution in [3.05, 3.63) is 18.5 Å². The fourth-order valence-corrected chi connectivity index (χ4v) is 2.02. The van der Waals surface area contributed by atoms with Crippen molar-refractivity contribution in [1.82, 2.24) is 25.7 Å². The van der Waals surface area contributed by atoms with E-state index in [4.69, 9.17) is 0 Å². The summed E-state index contributed by atoms with van der Waals surface area (Å²) in [6.45, 7) is 2.46. The number of rotatable bonds is 6. The molecule has 20 heavy (non-hydrogen) atoms. The molecule has 0 saturated carbocycles. The van der Waals surface area contributed by atoms with Gasteiger partial charge in [0.25, 0.3) is 5.91 Å². The largest absolute Gasteiger partial charge is 0.352 e. The monoisotopic (exact) mass is 279 g/mol. The molecule has 1 aliphatic rings. The highest BCUT2D eigenvalue weighted by Gasteiger charge is 2.29. The Hall–Kier alpha value is -2.38. The first-order chi connectivity index (χ1) is 9.54. The van der Waals surface area contributed by atoms with Crippen LogP contribution in [0.4, 0.5) is 4.79 Å². The summed E-state index contributed by atoms with van der Waals surface area (Å²) in [4.78, 5) is 33.9. The number of urea groups is 1. The maximum Gasteiger partial charge on any atom is 0.322 e. The van der Waals surface area contributed by atoms with E-state index in [1.807, 2.05) is 19.2 Å². The molecule has 0 spiro atoms. The number of carbonyl (C=O) groups excluding carboxylic acids is 3. The third-order valence-corrected chi connectivity index (χ3v) is 2.95. The standard InChI is InChI=1S/C12H17N5O3/c1-8(7-17-6-2-5-13-17)14-10(18)4-3-9-11(19)16-12(20)15-9/h2,5-6,8-9H,3-4,7H2,1H3,(H,14,18)(H2,15,16,19,20)/t8-,9-/m1/s1. The smallest absolute Gasteiger partial charge is 0.322 e. The fraction of sp³-hybridized carbons (Fsp3) is 0.500. The molecule has 0 bridgehead atoms. The molecule has 0 aliphatic carbocycles. The van der Waals surface area contributed by atoms with Gasteiger partial charge in [0.2, 0.25) is 5.91 Å². The van der Waals surface area contributed by atoms with Gasteiger partial charge in [-0.15, -0.1) is 0 Å². The van der Waals surface area contributed by atoms with Crippen LogP contribution in [0.25, 0.3) is 0 Å². The van der Waals surface area contributed by atoms with Crippen LogP contribution in [0.1, 0.15) is 19.8 Å². The Bertz CT molecular complexity index is 499. The minimum absolute atomic E-state index is 0.0607. The van der Waals surface area contributed by atoms with Crippen LogP contribution in [0.15, 0.2) is 18.5 Å². The van der Waals surface area contributed by atoms with Gasteiger partial charge in [0.15, 0.2) is 0 Å². The quantitative estimate of drug-likeness (QED) is 0.603. The lowest BCUT2D eigenvalue weighted by molar-refractivity contribution is -0.122. The lowest BCUT2D eigenvalue weighted by atomic mass is 10.1. The molecule has 1 aliphatic heterocycles. The van der Waals surface area contributed by atoms with E-state index in [9.17, 15) is 14.4 Å². The Balaban J connectivity index is 1.70. The van der Waals surface area contributed by atoms with Crippen LogP contribution in [0.3, 0.4) is 0 Å². The summed E-state index contributed by atoms with van der Waals surface area (Å²) in [7, 11) is 0. The molecular formula is C12H17N5O3. The van der Waals surface area contributed by atoms with Gasteiger partial charge < -0.3 is 10.6 Å². The van der Waals surface area contributed by atoms with Crippen LogP contribution in [0, 0.1) is 0 Å². The Morgan fingerprint density at radius 2 is 2.35 bits per heavy atom. The zero-order valence-electron chi connectivity index (χ0n) is 11.1. The molecule has 4 amide bonds. The van der Waals surface area contributed by atoms with Gasteiger partial charge >= 0.3 is 6.03 Å². The van der Waals surface area contributed by atoms with Crippen molar-refractivity contribution < 1.29 is 14.4 Å². The summed E-state index contributed by atoms with van der Waals surface area (Å²) in [6.07, 6.45) is 3.97. The van der Waals surface area contributed by atoms with Crippen molar-refractivity contribution in [2.45, 2.75) is 38.4 Å². The number of nitrogens with zero attached hydrogens (tertiary/aromatic N) is 2. The van der Waals surface area contributed by atoms with E-state index in [1.165, 1.54) is 0 Å². The Morgan fingerprint density at radius 1 is 1.55 bits per heavy atom. The van der Waals surface area contributed by atoms with Gasteiger partial charge in [-0.3, -0.25) is 19.6 Å². The van der Waals surface area contributed by atoms with Crippen molar-refractivity contribution in [3.8, 4) is 0 Å². The minimum Gasteiger partial charge on any atom is -0.352 e. The Morgan fingerprint density at radius 3 is 2.95 bits per heavy atom. The van der Waals surface area contributed by atoms with Crippen LogP contribution < -0.4 is 16.0 Å². The highest BCUT2D eigenvalue weighted by atomic mass is 16.2. The van der Waals surface area contributed by atoms with E-state index in [-0.39, 0.29) is 30.7 Å². The van der Waals surface area contributed by atoms with Crippen molar-refractivity contribution in [3.63, 3.8) is 0 Å². The second-order valence-electron chi connectivity index (χ2n) is 4.75. The van der Waals surface area contributed by atoms with E-state index in [2.05, 4.69) is 21.0 Å². The summed E-state index contributed by atoms with van der Waals surface area (Å²) >= 11 is 0. The van der Waals surface area contributed by atoms with Crippen LogP contribution >= 0.6 is 0 Å². The lowest BCUT2D eigenvalue weighted by Crippen LogP contribution is -2.37. The van der Waals surface area contributed by atoms with Gasteiger partial charge in [0.05, 0.1) is 6.54 Å². The summed E-state index contributed by atoms with van der Waals surface area (Å²) < 4.78 is 1.73. The molecule has 1 fully saturated rings. The first kappa shape index (κ1) is 14.0. The molecule has 1 aromatic heterocycles. The van der Waals surface area contributed by atoms with Gasteiger partial charge in [-0.1, -0.05) is 0 Å². The predicted molar refractivity (Wildman–Crippen MR) is 69.5 cm³/mol. The third-order valence-electron chi connectivity index (χ3n) is 2.95. The molecule has 3 N–H and O–H groups in total. The molecule has 108 valence electrons. The topological polar surface area (TPSA) is 105 Å². The van der Waals surface area contributed by atoms with Crippen LogP contribution in [0.2, 0.25) is 0 Å². The third kappa shape index (κ3) is 3.81. The maximum absolute atomic E-state index is 11.7. The fourth-order valence-electron chi connectivity index (χ4n) is 2.02. The molecule has 0 aromatic carbocycles. The van der Waals surface area contributed by atoms with E-state index in [0.29, 0.717) is 6.54 Å². The van der Waals surface area contributed by atoms with Crippen molar-refractivity contribution in [2.75, 3.05) is 0 Å². The summed E-state index contributed by atoms with van der Waals surface area (Å²) in [6, 6.07) is 0.632. The van der Waals surface area contributed by atoms with Crippen molar-refractivity contribution >= 4 is 17.8 Å². The molecule has 1 saturated heterocycles. The second kappa shape index (κ2) is 6.18. The van der Waals surface area contributed by atoms with E-state index in [1.54, 1.807) is 10.9 Å². The number of hydrogen-bond donors (Lipinski definition) is 3. The van der Waals surface area contributed by atoms with Gasteiger partial charge in [0.1, 0.15) is 6.04 Å². The van der Waals surface area contributed by atoms with Gasteiger partial charge in [0, 0.05) is 24.9 Å². The summed E-state index contributed by atoms with van der Waals surface area (Å²) in [5.41, 5.74) is 0. The van der Waals surface area contributed by atoms with Crippen LogP contribution in [-0.4, -0.2) is 39.7 Å². The van der Waals surface area contributed by atoms with E-state index >= 15 is 0 Å². The Kier molecular flexibility index (Phi) is 4.34. The number of amides is 4. The normalized spacial score (nSPS) is 19.4. The molecular weight excluding hydrogens is 262 g/mol. The maximum atomic E-state index is 11.7. The number of aromatic nitrogens is 2. The van der Waals surface area contributed by atoms with E-state index in [0.717, 1.165) is 0 Å². The number of nitrogens with one attached hydrogen (secondary N) is 3. The molecule has 8 heteroatoms. The van der Waals surface area contributed by atoms with E-state index < -0.39 is 12.1 Å². The highest BCUT2D eigenvalue weighted by molar-refractivity contribution is 6.04. The number of carbonyl (C=O) groups is 3. The summed E-state index contributed by atoms with van der Waals surface area (Å²) in [5, 5.41) is 11.5. The van der Waals surface area contributed by atoms with Crippen LogP contribution in [-0.2, 0) is 16.1 Å². The minimum atomic E-state index is -0.616. The second-order valence-corrected chi connectivity index (χ2v) is 4.75. The Labute approximate surface area is 115 Å². The number of imide groups is 1. The molecule has 0 unspecified atom stereocenters. The molecule has 2 heterocycles. The zero-order valence-corrected chi connectivity index (χ0v) is 11.1. The molecule has 2 rings (SSSR count). The van der Waals surface area contributed by atoms with Crippen LogP contribution in [0.5, 0.6) is 0 Å². The molecule has 0 radical (unpaired) electrons. The predicted octanol–water partition coefficient (Wildman–Crippen LogP) is -0.624. The molecule has 2 atom stereocenters. The van der Waals surface area contributed by atoms with Gasteiger partial charge in [-0.25, -0.2) is 4.79 Å². The average molecular weight is 279 g/mol. The number of hydrogen-bond acceptors (Lipinski definition) is 4. The van der Waals surface area contributed by atoms with Gasteiger partial charge in [-0.05, 0) is 19.4 Å². The highest BCUT2D eigenvalue weighted by Crippen LogP contribution is 2.03. The lowest BCUT2D eigenvalue weighted by Gasteiger charge is -2.14. The SMILES string of the molecule is C[C@H](Cn1cccn1)NC(=O)CC[C@H]1NC(=O)NC1=O. The average Bonchev–Trinajstić information content (AvgIpc) is 2.96. The summed E-state index contributed by atoms with van der Waals surface area (Å²) in [5.74, 6) is -0.536.